The van der Waals surface area contributed by atoms with E-state index in [1.807, 2.05) is 18.2 Å². The Morgan fingerprint density at radius 1 is 1.33 bits per heavy atom. The topological polar surface area (TPSA) is 44.8 Å². The molecule has 0 spiro atoms. The highest BCUT2D eigenvalue weighted by Gasteiger charge is 2.24. The molecular weight excluding hydrogens is 372 g/mol. The maximum absolute atomic E-state index is 12.0. The Hall–Kier alpha value is -1.49. The van der Waals surface area contributed by atoms with Crippen molar-refractivity contribution in [2.75, 3.05) is 19.0 Å². The molecule has 1 aliphatic rings. The second kappa shape index (κ2) is 9.11. The molecule has 1 fully saturated rings. The molecule has 132 valence electrons. The number of hydrogen-bond acceptors (Lipinski definition) is 4. The van der Waals surface area contributed by atoms with Gasteiger partial charge in [0.2, 0.25) is 0 Å². The molecular formula is C19H25BrO4. The van der Waals surface area contributed by atoms with E-state index in [2.05, 4.69) is 22.5 Å². The third-order valence-electron chi connectivity index (χ3n) is 4.30. The van der Waals surface area contributed by atoms with Gasteiger partial charge in [-0.2, -0.15) is 0 Å². The van der Waals surface area contributed by atoms with E-state index in [1.165, 1.54) is 12.8 Å². The van der Waals surface area contributed by atoms with Gasteiger partial charge in [-0.3, -0.25) is 0 Å². The largest absolute Gasteiger partial charge is 0.493 e. The molecule has 24 heavy (non-hydrogen) atoms. The van der Waals surface area contributed by atoms with E-state index in [-0.39, 0.29) is 18.0 Å². The van der Waals surface area contributed by atoms with Crippen LogP contribution in [0, 0.1) is 0 Å². The van der Waals surface area contributed by atoms with Crippen molar-refractivity contribution >= 4 is 21.9 Å². The highest BCUT2D eigenvalue weighted by molar-refractivity contribution is 9.09. The fourth-order valence-corrected chi connectivity index (χ4v) is 3.70. The maximum atomic E-state index is 12.0. The van der Waals surface area contributed by atoms with Crippen LogP contribution in [0.4, 0.5) is 0 Å². The van der Waals surface area contributed by atoms with Crippen molar-refractivity contribution in [3.05, 3.63) is 35.9 Å². The first kappa shape index (κ1) is 18.8. The van der Waals surface area contributed by atoms with Gasteiger partial charge in [0.05, 0.1) is 19.8 Å². The standard InChI is InChI=1S/C19H25BrO4/c1-4-23-19(21)13(2)16(12-20)14-9-10-17(22-3)18(11-14)24-15-7-5-6-8-15/h9-11,15-16H,2,4-8,12H2,1,3H3. The van der Waals surface area contributed by atoms with Gasteiger partial charge >= 0.3 is 5.97 Å². The van der Waals surface area contributed by atoms with Crippen LogP contribution < -0.4 is 9.47 Å². The molecule has 1 atom stereocenters. The Morgan fingerprint density at radius 2 is 2.04 bits per heavy atom. The van der Waals surface area contributed by atoms with Crippen LogP contribution in [-0.4, -0.2) is 31.1 Å². The molecule has 0 aliphatic heterocycles. The van der Waals surface area contributed by atoms with Gasteiger partial charge in [0.15, 0.2) is 11.5 Å². The van der Waals surface area contributed by atoms with E-state index in [0.29, 0.717) is 23.3 Å². The van der Waals surface area contributed by atoms with Crippen LogP contribution in [0.25, 0.3) is 0 Å². The quantitative estimate of drug-likeness (QED) is 0.365. The van der Waals surface area contributed by atoms with Gasteiger partial charge in [-0.05, 0) is 50.3 Å². The van der Waals surface area contributed by atoms with Crippen molar-refractivity contribution in [2.45, 2.75) is 44.6 Å². The molecule has 0 N–H and O–H groups in total. The normalized spacial score (nSPS) is 15.8. The third kappa shape index (κ3) is 4.53. The van der Waals surface area contributed by atoms with Crippen molar-refractivity contribution in [1.29, 1.82) is 0 Å². The Bertz CT molecular complexity index is 579. The Morgan fingerprint density at radius 3 is 2.62 bits per heavy atom. The first-order chi connectivity index (χ1) is 11.6. The van der Waals surface area contributed by atoms with Crippen molar-refractivity contribution in [2.24, 2.45) is 0 Å². The van der Waals surface area contributed by atoms with E-state index in [0.717, 1.165) is 24.2 Å². The van der Waals surface area contributed by atoms with Gasteiger partial charge in [-0.1, -0.05) is 28.6 Å². The monoisotopic (exact) mass is 396 g/mol. The highest BCUT2D eigenvalue weighted by atomic mass is 79.9. The van der Waals surface area contributed by atoms with Gasteiger partial charge in [0, 0.05) is 16.8 Å². The summed E-state index contributed by atoms with van der Waals surface area (Å²) in [6.45, 7) is 6.05. The number of methoxy groups -OCH3 is 1. The van der Waals surface area contributed by atoms with Crippen LogP contribution in [0.2, 0.25) is 0 Å². The summed E-state index contributed by atoms with van der Waals surface area (Å²) in [7, 11) is 1.63. The summed E-state index contributed by atoms with van der Waals surface area (Å²) in [6, 6.07) is 5.78. The predicted octanol–water partition coefficient (Wildman–Crippen LogP) is 4.61. The zero-order valence-corrected chi connectivity index (χ0v) is 15.9. The minimum Gasteiger partial charge on any atom is -0.493 e. The SMILES string of the molecule is C=C(C(=O)OCC)C(CBr)c1ccc(OC)c(OC2CCCC2)c1. The predicted molar refractivity (Wildman–Crippen MR) is 98.2 cm³/mol. The molecule has 1 aromatic carbocycles. The van der Waals surface area contributed by atoms with E-state index in [9.17, 15) is 4.79 Å². The molecule has 0 amide bonds. The third-order valence-corrected chi connectivity index (χ3v) is 4.95. The molecule has 2 rings (SSSR count). The van der Waals surface area contributed by atoms with Crippen LogP contribution in [0.5, 0.6) is 11.5 Å². The minimum absolute atomic E-state index is 0.166. The summed E-state index contributed by atoms with van der Waals surface area (Å²) >= 11 is 3.48. The van der Waals surface area contributed by atoms with Crippen LogP contribution in [0.1, 0.15) is 44.1 Å². The van der Waals surface area contributed by atoms with Crippen molar-refractivity contribution in [1.82, 2.24) is 0 Å². The van der Waals surface area contributed by atoms with Gasteiger partial charge < -0.3 is 14.2 Å². The van der Waals surface area contributed by atoms with E-state index < -0.39 is 0 Å². The van der Waals surface area contributed by atoms with Crippen LogP contribution in [0.3, 0.4) is 0 Å². The summed E-state index contributed by atoms with van der Waals surface area (Å²) in [4.78, 5) is 12.0. The molecule has 1 saturated carbocycles. The van der Waals surface area contributed by atoms with Gasteiger partial charge in [-0.15, -0.1) is 0 Å². The molecule has 4 nitrogen and oxygen atoms in total. The van der Waals surface area contributed by atoms with Gasteiger partial charge in [-0.25, -0.2) is 4.79 Å². The Balaban J connectivity index is 2.24. The lowest BCUT2D eigenvalue weighted by atomic mass is 9.93. The lowest BCUT2D eigenvalue weighted by Gasteiger charge is -2.20. The number of esters is 1. The van der Waals surface area contributed by atoms with Crippen LogP contribution in [-0.2, 0) is 9.53 Å². The second-order valence-electron chi connectivity index (χ2n) is 5.89. The van der Waals surface area contributed by atoms with Crippen molar-refractivity contribution < 1.29 is 19.0 Å². The lowest BCUT2D eigenvalue weighted by Crippen LogP contribution is -2.16. The van der Waals surface area contributed by atoms with Gasteiger partial charge in [0.1, 0.15) is 0 Å². The number of rotatable bonds is 8. The molecule has 0 heterocycles. The summed E-state index contributed by atoms with van der Waals surface area (Å²) in [6.07, 6.45) is 4.80. The molecule has 0 aromatic heterocycles. The molecule has 1 aromatic rings. The molecule has 0 bridgehead atoms. The number of ether oxygens (including phenoxy) is 3. The molecule has 1 unspecified atom stereocenters. The lowest BCUT2D eigenvalue weighted by molar-refractivity contribution is -0.138. The molecule has 5 heteroatoms. The number of hydrogen-bond donors (Lipinski definition) is 0. The number of carbonyl (C=O) groups excluding carboxylic acids is 1. The zero-order chi connectivity index (χ0) is 17.5. The first-order valence-electron chi connectivity index (χ1n) is 8.37. The number of alkyl halides is 1. The fourth-order valence-electron chi connectivity index (χ4n) is 2.94. The summed E-state index contributed by atoms with van der Waals surface area (Å²) < 4.78 is 16.6. The van der Waals surface area contributed by atoms with Crippen LogP contribution >= 0.6 is 15.9 Å². The smallest absolute Gasteiger partial charge is 0.334 e. The molecule has 0 radical (unpaired) electrons. The Labute approximate surface area is 152 Å². The molecule has 0 saturated heterocycles. The highest BCUT2D eigenvalue weighted by Crippen LogP contribution is 2.36. The average molecular weight is 397 g/mol. The van der Waals surface area contributed by atoms with Gasteiger partial charge in [0.25, 0.3) is 0 Å². The second-order valence-corrected chi connectivity index (χ2v) is 6.53. The van der Waals surface area contributed by atoms with Crippen molar-refractivity contribution in [3.8, 4) is 11.5 Å². The summed E-state index contributed by atoms with van der Waals surface area (Å²) in [5.41, 5.74) is 1.39. The fraction of sp³-hybridized carbons (Fsp3) is 0.526. The number of benzene rings is 1. The summed E-state index contributed by atoms with van der Waals surface area (Å²) in [5.74, 6) is 0.905. The van der Waals surface area contributed by atoms with E-state index in [1.54, 1.807) is 14.0 Å². The van der Waals surface area contributed by atoms with Crippen molar-refractivity contribution in [3.63, 3.8) is 0 Å². The first-order valence-corrected chi connectivity index (χ1v) is 9.49. The zero-order valence-electron chi connectivity index (χ0n) is 14.3. The number of carbonyl (C=O) groups is 1. The minimum atomic E-state index is -0.365. The molecule has 1 aliphatic carbocycles. The maximum Gasteiger partial charge on any atom is 0.334 e. The van der Waals surface area contributed by atoms with E-state index in [4.69, 9.17) is 14.2 Å². The average Bonchev–Trinajstić information content (AvgIpc) is 3.09. The number of halogens is 1. The Kier molecular flexibility index (Phi) is 7.16. The van der Waals surface area contributed by atoms with E-state index >= 15 is 0 Å². The van der Waals surface area contributed by atoms with Crippen LogP contribution in [0.15, 0.2) is 30.4 Å². The summed E-state index contributed by atoms with van der Waals surface area (Å²) in [5, 5.41) is 0.583.